The molecule has 0 atom stereocenters. The Morgan fingerprint density at radius 3 is 2.33 bits per heavy atom. The summed E-state index contributed by atoms with van der Waals surface area (Å²) in [6.07, 6.45) is 1.72. The second-order valence-corrected chi connectivity index (χ2v) is 3.01. The molecule has 4 nitrogen and oxygen atoms in total. The van der Waals surface area contributed by atoms with Crippen LogP contribution in [0.25, 0.3) is 0 Å². The maximum atomic E-state index is 3.77. The minimum Gasteiger partial charge on any atom is -0.272 e. The van der Waals surface area contributed by atoms with Crippen molar-refractivity contribution < 1.29 is 0 Å². The first-order chi connectivity index (χ1) is 4.11. The summed E-state index contributed by atoms with van der Waals surface area (Å²) in [6, 6.07) is 0. The predicted molar refractivity (Wildman–Crippen MR) is 36.4 cm³/mol. The standard InChI is InChI=1S/C5H12N4/c1-5(2,3)9-4-6-7-8-9/h4,7-8H,1-3H3. The van der Waals surface area contributed by atoms with E-state index in [2.05, 4.69) is 36.9 Å². The molecule has 0 spiro atoms. The van der Waals surface area contributed by atoms with Gasteiger partial charge in [0.2, 0.25) is 0 Å². The summed E-state index contributed by atoms with van der Waals surface area (Å²) in [4.78, 5) is 0. The molecule has 0 fully saturated rings. The normalized spacial score (nSPS) is 18.3. The number of rotatable bonds is 0. The Morgan fingerprint density at radius 2 is 2.11 bits per heavy atom. The van der Waals surface area contributed by atoms with Gasteiger partial charge in [-0.2, -0.15) is 5.10 Å². The zero-order valence-corrected chi connectivity index (χ0v) is 5.97. The van der Waals surface area contributed by atoms with Crippen LogP contribution in [0, 0.1) is 0 Å². The van der Waals surface area contributed by atoms with Crippen LogP contribution in [0.1, 0.15) is 20.8 Å². The number of nitrogens with one attached hydrogen (secondary N) is 2. The summed E-state index contributed by atoms with van der Waals surface area (Å²) in [7, 11) is 0. The quantitative estimate of drug-likeness (QED) is 0.484. The van der Waals surface area contributed by atoms with Crippen molar-refractivity contribution in [1.82, 2.24) is 16.1 Å². The molecule has 0 bridgehead atoms. The molecule has 0 saturated carbocycles. The number of hydrazone groups is 1. The van der Waals surface area contributed by atoms with Crippen LogP contribution in [0.2, 0.25) is 0 Å². The number of hydrazine groups is 2. The number of nitrogens with zero attached hydrogens (tertiary/aromatic N) is 2. The third-order valence-electron chi connectivity index (χ3n) is 1.13. The fourth-order valence-corrected chi connectivity index (χ4v) is 0.539. The van der Waals surface area contributed by atoms with Crippen molar-refractivity contribution in [1.29, 1.82) is 0 Å². The topological polar surface area (TPSA) is 39.7 Å². The minimum absolute atomic E-state index is 0.0903. The van der Waals surface area contributed by atoms with Gasteiger partial charge in [-0.05, 0) is 20.8 Å². The molecule has 1 heterocycles. The van der Waals surface area contributed by atoms with Gasteiger partial charge >= 0.3 is 0 Å². The van der Waals surface area contributed by atoms with Crippen molar-refractivity contribution in [3.63, 3.8) is 0 Å². The van der Waals surface area contributed by atoms with Gasteiger partial charge in [0.25, 0.3) is 0 Å². The fourth-order valence-electron chi connectivity index (χ4n) is 0.539. The van der Waals surface area contributed by atoms with Gasteiger partial charge in [-0.15, -0.1) is 5.53 Å². The van der Waals surface area contributed by atoms with Gasteiger partial charge in [0.05, 0.1) is 5.54 Å². The van der Waals surface area contributed by atoms with E-state index < -0.39 is 0 Å². The number of hydrogen-bond acceptors (Lipinski definition) is 4. The van der Waals surface area contributed by atoms with E-state index in [-0.39, 0.29) is 5.54 Å². The molecule has 4 heteroatoms. The van der Waals surface area contributed by atoms with Crippen LogP contribution < -0.4 is 11.1 Å². The fraction of sp³-hybridized carbons (Fsp3) is 0.800. The molecular formula is C5H12N4. The van der Waals surface area contributed by atoms with E-state index >= 15 is 0 Å². The first kappa shape index (κ1) is 6.35. The summed E-state index contributed by atoms with van der Waals surface area (Å²) in [5.41, 5.74) is 5.57. The molecule has 0 aromatic heterocycles. The zero-order chi connectivity index (χ0) is 6.91. The molecule has 0 radical (unpaired) electrons. The van der Waals surface area contributed by atoms with Crippen molar-refractivity contribution in [3.05, 3.63) is 0 Å². The van der Waals surface area contributed by atoms with E-state index in [0.29, 0.717) is 0 Å². The summed E-state index contributed by atoms with van der Waals surface area (Å²) in [5, 5.41) is 5.67. The van der Waals surface area contributed by atoms with Crippen LogP contribution in [0.3, 0.4) is 0 Å². The molecule has 0 aromatic rings. The highest BCUT2D eigenvalue weighted by Crippen LogP contribution is 2.08. The van der Waals surface area contributed by atoms with Gasteiger partial charge in [-0.1, -0.05) is 0 Å². The molecule has 0 aliphatic carbocycles. The third kappa shape index (κ3) is 1.32. The van der Waals surface area contributed by atoms with E-state index in [1.807, 2.05) is 5.01 Å². The Morgan fingerprint density at radius 1 is 1.44 bits per heavy atom. The molecule has 2 N–H and O–H groups in total. The molecule has 1 aliphatic rings. The molecule has 52 valence electrons. The molecule has 0 amide bonds. The van der Waals surface area contributed by atoms with Crippen molar-refractivity contribution in [2.24, 2.45) is 5.10 Å². The smallest absolute Gasteiger partial charge is 0.129 e. The molecule has 0 saturated heterocycles. The van der Waals surface area contributed by atoms with Gasteiger partial charge < -0.3 is 0 Å². The van der Waals surface area contributed by atoms with E-state index in [4.69, 9.17) is 0 Å². The lowest BCUT2D eigenvalue weighted by Crippen LogP contribution is -2.48. The van der Waals surface area contributed by atoms with Crippen molar-refractivity contribution in [2.45, 2.75) is 26.3 Å². The first-order valence-electron chi connectivity index (χ1n) is 2.94. The van der Waals surface area contributed by atoms with Crippen molar-refractivity contribution >= 4 is 6.34 Å². The van der Waals surface area contributed by atoms with Gasteiger partial charge in [0.1, 0.15) is 6.34 Å². The monoisotopic (exact) mass is 128 g/mol. The summed E-state index contributed by atoms with van der Waals surface area (Å²) in [6.45, 7) is 6.29. The Hall–Kier alpha value is -0.770. The maximum Gasteiger partial charge on any atom is 0.129 e. The van der Waals surface area contributed by atoms with Crippen LogP contribution in [-0.2, 0) is 0 Å². The van der Waals surface area contributed by atoms with Crippen LogP contribution >= 0.6 is 0 Å². The van der Waals surface area contributed by atoms with Crippen molar-refractivity contribution in [2.75, 3.05) is 0 Å². The van der Waals surface area contributed by atoms with Crippen LogP contribution in [-0.4, -0.2) is 16.9 Å². The molecule has 0 unspecified atom stereocenters. The summed E-state index contributed by atoms with van der Waals surface area (Å²) < 4.78 is 0. The Kier molecular flexibility index (Phi) is 1.32. The second-order valence-electron chi connectivity index (χ2n) is 3.01. The lowest BCUT2D eigenvalue weighted by atomic mass is 10.1. The van der Waals surface area contributed by atoms with Gasteiger partial charge in [0, 0.05) is 0 Å². The molecule has 0 aromatic carbocycles. The molecule has 1 rings (SSSR count). The van der Waals surface area contributed by atoms with E-state index in [1.165, 1.54) is 0 Å². The predicted octanol–water partition coefficient (Wildman–Crippen LogP) is 0.0530. The van der Waals surface area contributed by atoms with Crippen LogP contribution in [0.5, 0.6) is 0 Å². The highest BCUT2D eigenvalue weighted by atomic mass is 15.8. The highest BCUT2D eigenvalue weighted by molar-refractivity contribution is 5.56. The molecule has 9 heavy (non-hydrogen) atoms. The highest BCUT2D eigenvalue weighted by Gasteiger charge is 2.20. The second kappa shape index (κ2) is 1.88. The zero-order valence-electron chi connectivity index (χ0n) is 5.97. The summed E-state index contributed by atoms with van der Waals surface area (Å²) in [5.74, 6) is 0. The van der Waals surface area contributed by atoms with E-state index in [1.54, 1.807) is 6.34 Å². The maximum absolute atomic E-state index is 3.77. The number of hydrogen-bond donors (Lipinski definition) is 2. The van der Waals surface area contributed by atoms with Crippen molar-refractivity contribution in [3.8, 4) is 0 Å². The van der Waals surface area contributed by atoms with Gasteiger partial charge in [0.15, 0.2) is 0 Å². The SMILES string of the molecule is CC(C)(C)N1C=NNN1. The lowest BCUT2D eigenvalue weighted by Gasteiger charge is -2.28. The van der Waals surface area contributed by atoms with Crippen LogP contribution in [0.4, 0.5) is 0 Å². The lowest BCUT2D eigenvalue weighted by molar-refractivity contribution is 0.167. The Balaban J connectivity index is 2.53. The Labute approximate surface area is 54.9 Å². The minimum atomic E-state index is 0.0903. The third-order valence-corrected chi connectivity index (χ3v) is 1.13. The molecular weight excluding hydrogens is 116 g/mol. The van der Waals surface area contributed by atoms with Crippen LogP contribution in [0.15, 0.2) is 5.10 Å². The van der Waals surface area contributed by atoms with Gasteiger partial charge in [-0.3, -0.25) is 5.01 Å². The average molecular weight is 128 g/mol. The first-order valence-corrected chi connectivity index (χ1v) is 2.94. The largest absolute Gasteiger partial charge is 0.272 e. The van der Waals surface area contributed by atoms with Gasteiger partial charge in [-0.25, -0.2) is 5.53 Å². The average Bonchev–Trinajstić information content (AvgIpc) is 2.08. The summed E-state index contributed by atoms with van der Waals surface area (Å²) >= 11 is 0. The molecule has 1 aliphatic heterocycles. The van der Waals surface area contributed by atoms with E-state index in [9.17, 15) is 0 Å². The Bertz CT molecular complexity index is 123. The van der Waals surface area contributed by atoms with E-state index in [0.717, 1.165) is 0 Å².